The van der Waals surface area contributed by atoms with Crippen LogP contribution in [0.1, 0.15) is 22.5 Å². The van der Waals surface area contributed by atoms with Gasteiger partial charge in [0.25, 0.3) is 0 Å². The zero-order chi connectivity index (χ0) is 14.7. The molecule has 1 aromatic heterocycles. The number of carboxylic acid groups (broad SMARTS) is 1. The van der Waals surface area contributed by atoms with Crippen molar-refractivity contribution in [3.8, 4) is 0 Å². The van der Waals surface area contributed by atoms with Crippen LogP contribution in [0.4, 0.5) is 13.2 Å². The van der Waals surface area contributed by atoms with Crippen molar-refractivity contribution < 1.29 is 31.5 Å². The molecule has 0 spiro atoms. The minimum absolute atomic E-state index is 0.157. The van der Waals surface area contributed by atoms with Crippen LogP contribution in [0.3, 0.4) is 0 Å². The minimum Gasteiger partial charge on any atom is -0.477 e. The maximum atomic E-state index is 11.8. The van der Waals surface area contributed by atoms with Crippen LogP contribution in [0.2, 0.25) is 0 Å². The molecule has 2 N–H and O–H groups in total. The summed E-state index contributed by atoms with van der Waals surface area (Å²) in [5.74, 6) is -1.26. The number of rotatable bonds is 6. The zero-order valence-corrected chi connectivity index (χ0v) is 11.0. The lowest BCUT2D eigenvalue weighted by Crippen LogP contribution is -2.25. The lowest BCUT2D eigenvalue weighted by molar-refractivity contribution is -0.135. The Labute approximate surface area is 111 Å². The van der Waals surface area contributed by atoms with E-state index >= 15 is 0 Å². The third-order valence-electron chi connectivity index (χ3n) is 2.03. The van der Waals surface area contributed by atoms with Crippen LogP contribution in [0.5, 0.6) is 0 Å². The van der Waals surface area contributed by atoms with Crippen LogP contribution < -0.4 is 4.72 Å². The normalized spacial score (nSPS) is 12.6. The SMILES string of the molecule is O=C(O)c1cc(S(=O)(=O)NCCCC(F)(F)F)cs1. The quantitative estimate of drug-likeness (QED) is 0.787. The highest BCUT2D eigenvalue weighted by molar-refractivity contribution is 7.89. The van der Waals surface area contributed by atoms with Crippen molar-refractivity contribution in [2.75, 3.05) is 6.54 Å². The summed E-state index contributed by atoms with van der Waals surface area (Å²) >= 11 is 0.729. The van der Waals surface area contributed by atoms with Crippen molar-refractivity contribution in [3.63, 3.8) is 0 Å². The Morgan fingerprint density at radius 2 is 2.05 bits per heavy atom. The van der Waals surface area contributed by atoms with Crippen LogP contribution in [0, 0.1) is 0 Å². The average molecular weight is 317 g/mol. The van der Waals surface area contributed by atoms with Gasteiger partial charge in [0, 0.05) is 18.3 Å². The number of hydrogen-bond acceptors (Lipinski definition) is 4. The first kappa shape index (κ1) is 15.9. The van der Waals surface area contributed by atoms with Gasteiger partial charge in [0.1, 0.15) is 4.88 Å². The predicted molar refractivity (Wildman–Crippen MR) is 61.8 cm³/mol. The van der Waals surface area contributed by atoms with E-state index in [9.17, 15) is 26.4 Å². The molecule has 0 aliphatic heterocycles. The molecule has 0 aromatic carbocycles. The van der Waals surface area contributed by atoms with Gasteiger partial charge in [0.05, 0.1) is 4.90 Å². The Bertz CT molecular complexity index is 550. The third kappa shape index (κ3) is 5.17. The van der Waals surface area contributed by atoms with Gasteiger partial charge in [-0.25, -0.2) is 17.9 Å². The summed E-state index contributed by atoms with van der Waals surface area (Å²) in [6.45, 7) is -0.361. The Hall–Kier alpha value is -1.13. The lowest BCUT2D eigenvalue weighted by atomic mass is 10.3. The summed E-state index contributed by atoms with van der Waals surface area (Å²) in [7, 11) is -3.96. The van der Waals surface area contributed by atoms with Crippen LogP contribution >= 0.6 is 11.3 Å². The fraction of sp³-hybridized carbons (Fsp3) is 0.444. The molecule has 0 aliphatic carbocycles. The highest BCUT2D eigenvalue weighted by Crippen LogP contribution is 2.22. The van der Waals surface area contributed by atoms with E-state index in [1.54, 1.807) is 0 Å². The predicted octanol–water partition coefficient (Wildman–Crippen LogP) is 2.07. The Morgan fingerprint density at radius 1 is 1.42 bits per heavy atom. The van der Waals surface area contributed by atoms with Crippen LogP contribution in [0.15, 0.2) is 16.3 Å². The van der Waals surface area contributed by atoms with Gasteiger partial charge < -0.3 is 5.11 Å². The standard InChI is InChI=1S/C9H10F3NO4S2/c10-9(11,12)2-1-3-13-19(16,17)6-4-7(8(14)15)18-5-6/h4-5,13H,1-3H2,(H,14,15). The largest absolute Gasteiger partial charge is 0.477 e. The molecule has 10 heteroatoms. The molecule has 0 fully saturated rings. The second-order valence-electron chi connectivity index (χ2n) is 3.57. The van der Waals surface area contributed by atoms with E-state index in [0.717, 1.165) is 22.8 Å². The monoisotopic (exact) mass is 317 g/mol. The van der Waals surface area contributed by atoms with Gasteiger partial charge in [-0.3, -0.25) is 0 Å². The van der Waals surface area contributed by atoms with Gasteiger partial charge in [-0.2, -0.15) is 13.2 Å². The molecular weight excluding hydrogens is 307 g/mol. The molecule has 108 valence electrons. The maximum absolute atomic E-state index is 11.8. The molecular formula is C9H10F3NO4S2. The molecule has 5 nitrogen and oxygen atoms in total. The summed E-state index contributed by atoms with van der Waals surface area (Å²) in [5.41, 5.74) is 0. The summed E-state index contributed by atoms with van der Waals surface area (Å²) in [4.78, 5) is 10.2. The van der Waals surface area contributed by atoms with Gasteiger partial charge in [-0.15, -0.1) is 11.3 Å². The summed E-state index contributed by atoms with van der Waals surface area (Å²) in [6, 6.07) is 0.957. The second kappa shape index (κ2) is 5.88. The minimum atomic E-state index is -4.33. The number of carbonyl (C=O) groups is 1. The average Bonchev–Trinajstić information content (AvgIpc) is 2.73. The van der Waals surface area contributed by atoms with Crippen LogP contribution in [-0.4, -0.2) is 32.2 Å². The van der Waals surface area contributed by atoms with Crippen LogP contribution in [0.25, 0.3) is 0 Å². The number of nitrogens with one attached hydrogen (secondary N) is 1. The van der Waals surface area contributed by atoms with Crippen molar-refractivity contribution in [2.45, 2.75) is 23.9 Å². The fourth-order valence-electron chi connectivity index (χ4n) is 1.15. The van der Waals surface area contributed by atoms with Gasteiger partial charge >= 0.3 is 12.1 Å². The molecule has 0 amide bonds. The van der Waals surface area contributed by atoms with Gasteiger partial charge in [0.15, 0.2) is 0 Å². The van der Waals surface area contributed by atoms with E-state index in [1.807, 2.05) is 4.72 Å². The van der Waals surface area contributed by atoms with E-state index in [2.05, 4.69) is 0 Å². The summed E-state index contributed by atoms with van der Waals surface area (Å²) in [6.07, 6.45) is -5.79. The molecule has 19 heavy (non-hydrogen) atoms. The first-order chi connectivity index (χ1) is 8.62. The third-order valence-corrected chi connectivity index (χ3v) is 4.53. The number of thiophene rings is 1. The van der Waals surface area contributed by atoms with Gasteiger partial charge in [-0.05, 0) is 12.5 Å². The molecule has 0 bridgehead atoms. The highest BCUT2D eigenvalue weighted by atomic mass is 32.2. The maximum Gasteiger partial charge on any atom is 0.389 e. The molecule has 1 aromatic rings. The Balaban J connectivity index is 2.58. The molecule has 0 saturated heterocycles. The first-order valence-corrected chi connectivity index (χ1v) is 7.36. The number of alkyl halides is 3. The summed E-state index contributed by atoms with van der Waals surface area (Å²) in [5, 5.41) is 9.76. The Kier molecular flexibility index (Phi) is 4.93. The van der Waals surface area contributed by atoms with Gasteiger partial charge in [-0.1, -0.05) is 0 Å². The van der Waals surface area contributed by atoms with E-state index in [-0.39, 0.29) is 22.7 Å². The molecule has 0 radical (unpaired) electrons. The van der Waals surface area contributed by atoms with Crippen molar-refractivity contribution in [3.05, 3.63) is 16.3 Å². The van der Waals surface area contributed by atoms with Crippen molar-refractivity contribution in [1.82, 2.24) is 4.72 Å². The van der Waals surface area contributed by atoms with E-state index in [4.69, 9.17) is 5.11 Å². The summed E-state index contributed by atoms with van der Waals surface area (Å²) < 4.78 is 60.8. The number of hydrogen-bond donors (Lipinski definition) is 2. The number of halogens is 3. The number of carboxylic acids is 1. The van der Waals surface area contributed by atoms with Crippen molar-refractivity contribution in [2.24, 2.45) is 0 Å². The first-order valence-electron chi connectivity index (χ1n) is 5.00. The van der Waals surface area contributed by atoms with Crippen molar-refractivity contribution in [1.29, 1.82) is 0 Å². The highest BCUT2D eigenvalue weighted by Gasteiger charge is 2.26. The lowest BCUT2D eigenvalue weighted by Gasteiger charge is -2.07. The number of sulfonamides is 1. The molecule has 0 aliphatic rings. The second-order valence-corrected chi connectivity index (χ2v) is 6.25. The number of aromatic carboxylic acids is 1. The molecule has 1 rings (SSSR count). The topological polar surface area (TPSA) is 83.5 Å². The zero-order valence-electron chi connectivity index (χ0n) is 9.40. The Morgan fingerprint density at radius 3 is 2.53 bits per heavy atom. The van der Waals surface area contributed by atoms with Crippen molar-refractivity contribution >= 4 is 27.3 Å². The van der Waals surface area contributed by atoms with E-state index in [1.165, 1.54) is 0 Å². The fourth-order valence-corrected chi connectivity index (χ4v) is 3.34. The molecule has 0 saturated carbocycles. The smallest absolute Gasteiger partial charge is 0.389 e. The van der Waals surface area contributed by atoms with Crippen LogP contribution in [-0.2, 0) is 10.0 Å². The van der Waals surface area contributed by atoms with E-state index < -0.39 is 28.6 Å². The van der Waals surface area contributed by atoms with Gasteiger partial charge in [0.2, 0.25) is 10.0 Å². The van der Waals surface area contributed by atoms with E-state index in [0.29, 0.717) is 0 Å². The molecule has 1 heterocycles. The molecule has 0 atom stereocenters. The molecule has 0 unspecified atom stereocenters.